The third-order valence-electron chi connectivity index (χ3n) is 3.47. The molecular formula is C17H16BrN5O2S. The predicted octanol–water partition coefficient (Wildman–Crippen LogP) is 2.85. The molecule has 3 rings (SSSR count). The van der Waals surface area contributed by atoms with Crippen LogP contribution in [0, 0.1) is 0 Å². The number of hydrogen-bond acceptors (Lipinski definition) is 5. The standard InChI is InChI=1S/C17H16BrN5O2S/c18-15-6-1-4-11(21-15)16(24)19-7-3-8-20-17(25)13-10-12(22-23-13)14-5-2-9-26-14/h1-2,4-6,9-10H,3,7-8H2,(H,19,24)(H,20,25)(H,22,23). The van der Waals surface area contributed by atoms with Crippen molar-refractivity contribution in [3.05, 3.63) is 57.8 Å². The molecule has 0 aromatic carbocycles. The van der Waals surface area contributed by atoms with Crippen LogP contribution in [-0.2, 0) is 0 Å². The number of H-pyrrole nitrogens is 1. The van der Waals surface area contributed by atoms with Crippen molar-refractivity contribution in [3.63, 3.8) is 0 Å². The molecular weight excluding hydrogens is 418 g/mol. The van der Waals surface area contributed by atoms with Crippen molar-refractivity contribution in [2.75, 3.05) is 13.1 Å². The molecule has 3 aromatic heterocycles. The van der Waals surface area contributed by atoms with Crippen LogP contribution in [-0.4, -0.2) is 40.1 Å². The van der Waals surface area contributed by atoms with Crippen molar-refractivity contribution < 1.29 is 9.59 Å². The molecule has 134 valence electrons. The fourth-order valence-electron chi connectivity index (χ4n) is 2.20. The average molecular weight is 434 g/mol. The van der Waals surface area contributed by atoms with E-state index in [2.05, 4.69) is 41.7 Å². The summed E-state index contributed by atoms with van der Waals surface area (Å²) >= 11 is 4.81. The van der Waals surface area contributed by atoms with Crippen molar-refractivity contribution in [1.29, 1.82) is 0 Å². The topological polar surface area (TPSA) is 99.8 Å². The third-order valence-corrected chi connectivity index (χ3v) is 4.81. The molecule has 3 N–H and O–H groups in total. The van der Waals surface area contributed by atoms with E-state index in [0.29, 0.717) is 35.5 Å². The zero-order valence-corrected chi connectivity index (χ0v) is 16.1. The monoisotopic (exact) mass is 433 g/mol. The second-order valence-corrected chi connectivity index (χ2v) is 7.12. The van der Waals surface area contributed by atoms with E-state index in [1.165, 1.54) is 0 Å². The summed E-state index contributed by atoms with van der Waals surface area (Å²) in [6.45, 7) is 0.876. The molecule has 0 radical (unpaired) electrons. The van der Waals surface area contributed by atoms with E-state index in [9.17, 15) is 9.59 Å². The molecule has 3 heterocycles. The Balaban J connectivity index is 1.40. The Kier molecular flexibility index (Phi) is 6.13. The van der Waals surface area contributed by atoms with Crippen LogP contribution in [0.5, 0.6) is 0 Å². The van der Waals surface area contributed by atoms with Gasteiger partial charge in [0.15, 0.2) is 5.69 Å². The third kappa shape index (κ3) is 4.77. The fourth-order valence-corrected chi connectivity index (χ4v) is 3.24. The Bertz CT molecular complexity index is 894. The summed E-state index contributed by atoms with van der Waals surface area (Å²) in [4.78, 5) is 29.1. The maximum atomic E-state index is 12.1. The summed E-state index contributed by atoms with van der Waals surface area (Å²) < 4.78 is 0.610. The van der Waals surface area contributed by atoms with E-state index in [1.54, 1.807) is 35.6 Å². The maximum Gasteiger partial charge on any atom is 0.271 e. The van der Waals surface area contributed by atoms with Gasteiger partial charge in [0.2, 0.25) is 0 Å². The van der Waals surface area contributed by atoms with Crippen molar-refractivity contribution in [1.82, 2.24) is 25.8 Å². The summed E-state index contributed by atoms with van der Waals surface area (Å²) in [5.41, 5.74) is 1.51. The zero-order chi connectivity index (χ0) is 18.4. The summed E-state index contributed by atoms with van der Waals surface area (Å²) in [7, 11) is 0. The Morgan fingerprint density at radius 2 is 1.85 bits per heavy atom. The number of pyridine rings is 1. The van der Waals surface area contributed by atoms with Gasteiger partial charge in [-0.1, -0.05) is 12.1 Å². The first-order chi connectivity index (χ1) is 12.6. The van der Waals surface area contributed by atoms with Crippen LogP contribution in [0.15, 0.2) is 46.4 Å². The van der Waals surface area contributed by atoms with Crippen LogP contribution in [0.4, 0.5) is 0 Å². The van der Waals surface area contributed by atoms with Crippen LogP contribution in [0.25, 0.3) is 10.6 Å². The number of nitrogens with one attached hydrogen (secondary N) is 3. The van der Waals surface area contributed by atoms with E-state index in [4.69, 9.17) is 0 Å². The molecule has 0 aliphatic heterocycles. The number of amides is 2. The van der Waals surface area contributed by atoms with Crippen molar-refractivity contribution in [2.24, 2.45) is 0 Å². The molecule has 0 atom stereocenters. The average Bonchev–Trinajstić information content (AvgIpc) is 3.32. The molecule has 0 fully saturated rings. The Hall–Kier alpha value is -2.52. The molecule has 0 aliphatic carbocycles. The minimum absolute atomic E-state index is 0.245. The lowest BCUT2D eigenvalue weighted by atomic mass is 10.3. The van der Waals surface area contributed by atoms with Crippen molar-refractivity contribution in [2.45, 2.75) is 6.42 Å². The lowest BCUT2D eigenvalue weighted by Crippen LogP contribution is -2.30. The molecule has 0 aliphatic rings. The first-order valence-corrected chi connectivity index (χ1v) is 9.59. The quantitative estimate of drug-likeness (QED) is 0.393. The Labute approximate surface area is 162 Å². The highest BCUT2D eigenvalue weighted by Crippen LogP contribution is 2.22. The van der Waals surface area contributed by atoms with Crippen LogP contribution in [0.2, 0.25) is 0 Å². The highest BCUT2D eigenvalue weighted by atomic mass is 79.9. The van der Waals surface area contributed by atoms with Crippen LogP contribution in [0.1, 0.15) is 27.4 Å². The van der Waals surface area contributed by atoms with Crippen molar-refractivity contribution in [3.8, 4) is 10.6 Å². The van der Waals surface area contributed by atoms with Gasteiger partial charge in [0.05, 0.1) is 10.6 Å². The number of thiophene rings is 1. The van der Waals surface area contributed by atoms with Gasteiger partial charge < -0.3 is 10.6 Å². The number of carbonyl (C=O) groups excluding carboxylic acids is 2. The second kappa shape index (κ2) is 8.72. The zero-order valence-electron chi connectivity index (χ0n) is 13.7. The van der Waals surface area contributed by atoms with Gasteiger partial charge in [0, 0.05) is 13.1 Å². The normalized spacial score (nSPS) is 10.5. The Morgan fingerprint density at radius 1 is 1.08 bits per heavy atom. The van der Waals surface area contributed by atoms with Gasteiger partial charge in [0.1, 0.15) is 10.3 Å². The highest BCUT2D eigenvalue weighted by Gasteiger charge is 2.11. The van der Waals surface area contributed by atoms with E-state index < -0.39 is 0 Å². The van der Waals surface area contributed by atoms with Crippen LogP contribution in [0.3, 0.4) is 0 Å². The number of aromatic amines is 1. The maximum absolute atomic E-state index is 12.1. The molecule has 0 saturated heterocycles. The van der Waals surface area contributed by atoms with Gasteiger partial charge in [-0.2, -0.15) is 5.10 Å². The molecule has 3 aromatic rings. The molecule has 7 nitrogen and oxygen atoms in total. The lowest BCUT2D eigenvalue weighted by Gasteiger charge is -2.06. The minimum atomic E-state index is -0.246. The summed E-state index contributed by atoms with van der Waals surface area (Å²) in [5, 5.41) is 14.4. The van der Waals surface area contributed by atoms with Gasteiger partial charge >= 0.3 is 0 Å². The van der Waals surface area contributed by atoms with Crippen molar-refractivity contribution >= 4 is 39.1 Å². The molecule has 0 unspecified atom stereocenters. The van der Waals surface area contributed by atoms with Crippen LogP contribution >= 0.6 is 27.3 Å². The predicted molar refractivity (Wildman–Crippen MR) is 103 cm³/mol. The smallest absolute Gasteiger partial charge is 0.271 e. The number of carbonyl (C=O) groups is 2. The molecule has 0 bridgehead atoms. The van der Waals surface area contributed by atoms with E-state index in [0.717, 1.165) is 10.6 Å². The number of rotatable bonds is 7. The molecule has 9 heteroatoms. The van der Waals surface area contributed by atoms with Crippen LogP contribution < -0.4 is 10.6 Å². The fraction of sp³-hybridized carbons (Fsp3) is 0.176. The SMILES string of the molecule is O=C(NCCCNC(=O)c1cccc(Br)n1)c1cc(-c2cccs2)[nH]n1. The van der Waals surface area contributed by atoms with Gasteiger partial charge in [-0.25, -0.2) is 4.98 Å². The van der Waals surface area contributed by atoms with Gasteiger partial charge in [-0.3, -0.25) is 14.7 Å². The first kappa shape index (κ1) is 18.3. The number of aromatic nitrogens is 3. The molecule has 2 amide bonds. The molecule has 26 heavy (non-hydrogen) atoms. The Morgan fingerprint density at radius 3 is 2.54 bits per heavy atom. The van der Waals surface area contributed by atoms with Gasteiger partial charge in [-0.05, 0) is 52.0 Å². The summed E-state index contributed by atoms with van der Waals surface area (Å²) in [5.74, 6) is -0.491. The van der Waals surface area contributed by atoms with Gasteiger partial charge in [-0.15, -0.1) is 11.3 Å². The highest BCUT2D eigenvalue weighted by molar-refractivity contribution is 9.10. The van der Waals surface area contributed by atoms with E-state index >= 15 is 0 Å². The summed E-state index contributed by atoms with van der Waals surface area (Å²) in [6.07, 6.45) is 0.605. The number of nitrogens with zero attached hydrogens (tertiary/aromatic N) is 2. The van der Waals surface area contributed by atoms with Gasteiger partial charge in [0.25, 0.3) is 11.8 Å². The molecule has 0 saturated carbocycles. The second-order valence-electron chi connectivity index (χ2n) is 5.36. The first-order valence-electron chi connectivity index (χ1n) is 7.92. The largest absolute Gasteiger partial charge is 0.351 e. The lowest BCUT2D eigenvalue weighted by molar-refractivity contribution is 0.0946. The number of halogens is 1. The number of hydrogen-bond donors (Lipinski definition) is 3. The molecule has 0 spiro atoms. The minimum Gasteiger partial charge on any atom is -0.351 e. The summed E-state index contributed by atoms with van der Waals surface area (Å²) in [6, 6.07) is 10.8. The van der Waals surface area contributed by atoms with E-state index in [-0.39, 0.29) is 11.8 Å². The van der Waals surface area contributed by atoms with E-state index in [1.807, 2.05) is 17.5 Å².